The molecule has 1 atom stereocenters. The maximum atomic E-state index is 12.7. The molecule has 0 aliphatic rings. The third-order valence-corrected chi connectivity index (χ3v) is 4.89. The number of hydrogen-bond donors (Lipinski definition) is 1. The zero-order valence-corrected chi connectivity index (χ0v) is 16.4. The molecule has 0 aliphatic carbocycles. The predicted molar refractivity (Wildman–Crippen MR) is 113 cm³/mol. The minimum Gasteiger partial charge on any atom is -0.459 e. The number of para-hydroxylation sites is 1. The zero-order chi connectivity index (χ0) is 21.1. The lowest BCUT2D eigenvalue weighted by atomic mass is 10.2. The molecule has 7 heteroatoms. The van der Waals surface area contributed by atoms with E-state index < -0.39 is 23.2 Å². The number of carbonyl (C=O) groups is 1. The van der Waals surface area contributed by atoms with Crippen LogP contribution in [0, 0.1) is 0 Å². The third-order valence-electron chi connectivity index (χ3n) is 4.89. The summed E-state index contributed by atoms with van der Waals surface area (Å²) in [6.45, 7) is 1.74. The van der Waals surface area contributed by atoms with Crippen molar-refractivity contribution in [2.75, 3.05) is 0 Å². The van der Waals surface area contributed by atoms with Crippen LogP contribution in [0.15, 0.2) is 86.9 Å². The summed E-state index contributed by atoms with van der Waals surface area (Å²) in [5, 5.41) is 3.73. The van der Waals surface area contributed by atoms with E-state index in [9.17, 15) is 14.4 Å². The Bertz CT molecular complexity index is 1270. The zero-order valence-electron chi connectivity index (χ0n) is 16.4. The standard InChI is InChI=1S/C23H21N3O4/c1-16(20-13-18-9-5-6-10-19(18)30-20)24-21(27)15-26-22(28)11-12-25(23(26)29)14-17-7-3-2-4-8-17/h2-13,16H,14-15H2,1H3,(H,24,27)/t16-/m1/s1. The molecular formula is C23H21N3O4. The van der Waals surface area contributed by atoms with Crippen molar-refractivity contribution in [3.05, 3.63) is 105 Å². The van der Waals surface area contributed by atoms with E-state index in [-0.39, 0.29) is 6.54 Å². The SMILES string of the molecule is C[C@@H](NC(=O)Cn1c(=O)ccn(Cc2ccccc2)c1=O)c1cc2ccccc2o1. The molecule has 152 valence electrons. The Balaban J connectivity index is 1.50. The van der Waals surface area contributed by atoms with Gasteiger partial charge in [0, 0.05) is 17.6 Å². The Morgan fingerprint density at radius 1 is 1.03 bits per heavy atom. The van der Waals surface area contributed by atoms with Gasteiger partial charge in [0.05, 0.1) is 12.6 Å². The predicted octanol–water partition coefficient (Wildman–Crippen LogP) is 2.68. The van der Waals surface area contributed by atoms with Crippen molar-refractivity contribution in [1.29, 1.82) is 0 Å². The number of amides is 1. The van der Waals surface area contributed by atoms with Crippen LogP contribution in [0.25, 0.3) is 11.0 Å². The first-order valence-electron chi connectivity index (χ1n) is 9.63. The normalized spacial score (nSPS) is 12.0. The molecular weight excluding hydrogens is 382 g/mol. The van der Waals surface area contributed by atoms with E-state index >= 15 is 0 Å². The van der Waals surface area contributed by atoms with E-state index in [2.05, 4.69) is 5.32 Å². The Morgan fingerprint density at radius 3 is 2.53 bits per heavy atom. The monoisotopic (exact) mass is 403 g/mol. The summed E-state index contributed by atoms with van der Waals surface area (Å²) in [5.74, 6) is 0.158. The fourth-order valence-electron chi connectivity index (χ4n) is 3.32. The molecule has 4 aromatic rings. The molecule has 0 bridgehead atoms. The molecule has 0 saturated heterocycles. The average molecular weight is 403 g/mol. The van der Waals surface area contributed by atoms with Gasteiger partial charge in [-0.05, 0) is 24.6 Å². The van der Waals surface area contributed by atoms with Crippen molar-refractivity contribution in [3.8, 4) is 0 Å². The van der Waals surface area contributed by atoms with Gasteiger partial charge in [-0.25, -0.2) is 4.79 Å². The van der Waals surface area contributed by atoms with Crippen molar-refractivity contribution in [2.24, 2.45) is 0 Å². The number of nitrogens with one attached hydrogen (secondary N) is 1. The van der Waals surface area contributed by atoms with Crippen LogP contribution in [0.3, 0.4) is 0 Å². The summed E-state index contributed by atoms with van der Waals surface area (Å²) in [6.07, 6.45) is 1.45. The van der Waals surface area contributed by atoms with Gasteiger partial charge in [0.2, 0.25) is 5.91 Å². The van der Waals surface area contributed by atoms with Crippen molar-refractivity contribution < 1.29 is 9.21 Å². The summed E-state index contributed by atoms with van der Waals surface area (Å²) < 4.78 is 8.11. The first-order valence-corrected chi connectivity index (χ1v) is 9.63. The van der Waals surface area contributed by atoms with Gasteiger partial charge in [0.1, 0.15) is 17.9 Å². The fraction of sp³-hybridized carbons (Fsp3) is 0.174. The van der Waals surface area contributed by atoms with Gasteiger partial charge >= 0.3 is 5.69 Å². The molecule has 1 N–H and O–H groups in total. The lowest BCUT2D eigenvalue weighted by Gasteiger charge is -2.13. The van der Waals surface area contributed by atoms with Crippen LogP contribution in [-0.4, -0.2) is 15.0 Å². The minimum absolute atomic E-state index is 0.316. The van der Waals surface area contributed by atoms with Crippen molar-refractivity contribution in [1.82, 2.24) is 14.5 Å². The minimum atomic E-state index is -0.530. The highest BCUT2D eigenvalue weighted by Gasteiger charge is 2.16. The topological polar surface area (TPSA) is 86.2 Å². The molecule has 30 heavy (non-hydrogen) atoms. The third kappa shape index (κ3) is 4.10. The van der Waals surface area contributed by atoms with Crippen LogP contribution in [0.5, 0.6) is 0 Å². The van der Waals surface area contributed by atoms with E-state index in [4.69, 9.17) is 4.42 Å². The van der Waals surface area contributed by atoms with Crippen LogP contribution in [0.2, 0.25) is 0 Å². The quantitative estimate of drug-likeness (QED) is 0.536. The number of nitrogens with zero attached hydrogens (tertiary/aromatic N) is 2. The van der Waals surface area contributed by atoms with E-state index in [1.165, 1.54) is 16.8 Å². The van der Waals surface area contributed by atoms with Gasteiger partial charge < -0.3 is 9.73 Å². The molecule has 0 radical (unpaired) electrons. The second kappa shape index (κ2) is 8.24. The molecule has 2 aromatic heterocycles. The second-order valence-electron chi connectivity index (χ2n) is 7.11. The number of rotatable bonds is 6. The first kappa shape index (κ1) is 19.4. The molecule has 0 unspecified atom stereocenters. The number of fused-ring (bicyclic) bond motifs is 1. The summed E-state index contributed by atoms with van der Waals surface area (Å²) in [4.78, 5) is 37.5. The van der Waals surface area contributed by atoms with Crippen LogP contribution < -0.4 is 16.6 Å². The van der Waals surface area contributed by atoms with Crippen molar-refractivity contribution in [3.63, 3.8) is 0 Å². The number of aromatic nitrogens is 2. The summed E-state index contributed by atoms with van der Waals surface area (Å²) in [7, 11) is 0. The van der Waals surface area contributed by atoms with Crippen LogP contribution >= 0.6 is 0 Å². The lowest BCUT2D eigenvalue weighted by molar-refractivity contribution is -0.122. The molecule has 0 aliphatic heterocycles. The summed E-state index contributed by atoms with van der Waals surface area (Å²) >= 11 is 0. The molecule has 1 amide bonds. The molecule has 0 spiro atoms. The molecule has 0 fully saturated rings. The summed E-state index contributed by atoms with van der Waals surface area (Å²) in [5.41, 5.74) is 0.609. The van der Waals surface area contributed by atoms with Gasteiger partial charge in [0.25, 0.3) is 5.56 Å². The van der Waals surface area contributed by atoms with Gasteiger partial charge in [-0.15, -0.1) is 0 Å². The molecule has 2 heterocycles. The first-order chi connectivity index (χ1) is 14.5. The van der Waals surface area contributed by atoms with E-state index in [1.54, 1.807) is 6.92 Å². The Hall–Kier alpha value is -3.87. The highest BCUT2D eigenvalue weighted by Crippen LogP contribution is 2.23. The molecule has 7 nitrogen and oxygen atoms in total. The van der Waals surface area contributed by atoms with Gasteiger partial charge in [-0.2, -0.15) is 0 Å². The largest absolute Gasteiger partial charge is 0.459 e. The Kier molecular flexibility index (Phi) is 5.34. The van der Waals surface area contributed by atoms with Crippen molar-refractivity contribution >= 4 is 16.9 Å². The van der Waals surface area contributed by atoms with Gasteiger partial charge in [-0.3, -0.25) is 18.7 Å². The summed E-state index contributed by atoms with van der Waals surface area (Å²) in [6, 6.07) is 19.7. The average Bonchev–Trinajstić information content (AvgIpc) is 3.18. The molecule has 4 rings (SSSR count). The van der Waals surface area contributed by atoms with Crippen molar-refractivity contribution in [2.45, 2.75) is 26.1 Å². The number of benzene rings is 2. The Morgan fingerprint density at radius 2 is 1.77 bits per heavy atom. The number of hydrogen-bond acceptors (Lipinski definition) is 4. The maximum Gasteiger partial charge on any atom is 0.331 e. The van der Waals surface area contributed by atoms with E-state index in [1.807, 2.05) is 60.7 Å². The van der Waals surface area contributed by atoms with Crippen LogP contribution in [0.4, 0.5) is 0 Å². The fourth-order valence-corrected chi connectivity index (χ4v) is 3.32. The second-order valence-corrected chi connectivity index (χ2v) is 7.11. The smallest absolute Gasteiger partial charge is 0.331 e. The van der Waals surface area contributed by atoms with Crippen LogP contribution in [0.1, 0.15) is 24.3 Å². The highest BCUT2D eigenvalue weighted by atomic mass is 16.3. The highest BCUT2D eigenvalue weighted by molar-refractivity contribution is 5.79. The van der Waals surface area contributed by atoms with Crippen LogP contribution in [-0.2, 0) is 17.9 Å². The van der Waals surface area contributed by atoms with Gasteiger partial charge in [0.15, 0.2) is 0 Å². The molecule has 2 aromatic carbocycles. The number of furan rings is 1. The Labute approximate surface area is 172 Å². The maximum absolute atomic E-state index is 12.7. The van der Waals surface area contributed by atoms with E-state index in [0.29, 0.717) is 12.3 Å². The van der Waals surface area contributed by atoms with Gasteiger partial charge in [-0.1, -0.05) is 48.5 Å². The number of carbonyl (C=O) groups excluding carboxylic acids is 1. The molecule has 0 saturated carbocycles. The van der Waals surface area contributed by atoms with E-state index in [0.717, 1.165) is 21.1 Å². The lowest BCUT2D eigenvalue weighted by Crippen LogP contribution is -2.43.